The van der Waals surface area contributed by atoms with Gasteiger partial charge in [-0.1, -0.05) is 12.1 Å². The number of carboxylic acids is 1. The van der Waals surface area contributed by atoms with Gasteiger partial charge in [0.1, 0.15) is 11.4 Å². The average Bonchev–Trinajstić information content (AvgIpc) is 2.40. The lowest BCUT2D eigenvalue weighted by Crippen LogP contribution is -2.60. The first kappa shape index (κ1) is 15.9. The molecule has 0 aliphatic heterocycles. The molecule has 0 atom stereocenters. The number of halogens is 1. The smallest absolute Gasteiger partial charge is 0.329 e. The molecular weight excluding hydrogens is 291 g/mol. The minimum Gasteiger partial charge on any atom is -0.480 e. The van der Waals surface area contributed by atoms with Gasteiger partial charge in [0.2, 0.25) is 11.8 Å². The molecule has 0 heterocycles. The second kappa shape index (κ2) is 6.55. The first-order valence-corrected chi connectivity index (χ1v) is 6.97. The number of amides is 2. The lowest BCUT2D eigenvalue weighted by atomic mass is 9.77. The van der Waals surface area contributed by atoms with Gasteiger partial charge in [-0.15, -0.1) is 0 Å². The van der Waals surface area contributed by atoms with Crippen LogP contribution in [-0.2, 0) is 20.8 Å². The Kier molecular flexibility index (Phi) is 4.75. The molecule has 2 rings (SSSR count). The third-order valence-electron chi connectivity index (χ3n) is 3.70. The van der Waals surface area contributed by atoms with Gasteiger partial charge in [0.15, 0.2) is 0 Å². The zero-order valence-corrected chi connectivity index (χ0v) is 11.9. The van der Waals surface area contributed by atoms with E-state index in [2.05, 4.69) is 10.6 Å². The standard InChI is InChI=1S/C15H17FN2O4/c16-11-4-1-3-10(7-11)8-12(19)17-9-13(20)18-15(14(21)22)5-2-6-15/h1,3-4,7H,2,5-6,8-9H2,(H,17,19)(H,18,20)(H,21,22). The van der Waals surface area contributed by atoms with Gasteiger partial charge in [-0.25, -0.2) is 9.18 Å². The Balaban J connectivity index is 1.78. The van der Waals surface area contributed by atoms with Gasteiger partial charge in [0, 0.05) is 0 Å². The summed E-state index contributed by atoms with van der Waals surface area (Å²) in [6, 6.07) is 5.63. The van der Waals surface area contributed by atoms with Crippen LogP contribution in [0, 0.1) is 5.82 Å². The molecule has 1 aliphatic rings. The molecule has 1 saturated carbocycles. The molecule has 118 valence electrons. The molecule has 7 heteroatoms. The molecule has 1 aromatic rings. The number of hydrogen-bond acceptors (Lipinski definition) is 3. The lowest BCUT2D eigenvalue weighted by molar-refractivity contribution is -0.151. The van der Waals surface area contributed by atoms with Gasteiger partial charge in [0.05, 0.1) is 13.0 Å². The molecular formula is C15H17FN2O4. The highest BCUT2D eigenvalue weighted by molar-refractivity contribution is 5.90. The molecule has 2 amide bonds. The van der Waals surface area contributed by atoms with E-state index in [9.17, 15) is 18.8 Å². The van der Waals surface area contributed by atoms with E-state index in [1.54, 1.807) is 6.07 Å². The van der Waals surface area contributed by atoms with Crippen LogP contribution in [0.25, 0.3) is 0 Å². The second-order valence-electron chi connectivity index (χ2n) is 5.37. The third kappa shape index (κ3) is 3.81. The maximum Gasteiger partial charge on any atom is 0.329 e. The van der Waals surface area contributed by atoms with E-state index >= 15 is 0 Å². The number of carbonyl (C=O) groups excluding carboxylic acids is 2. The van der Waals surface area contributed by atoms with Crippen LogP contribution in [0.2, 0.25) is 0 Å². The minimum absolute atomic E-state index is 0.0465. The molecule has 22 heavy (non-hydrogen) atoms. The molecule has 6 nitrogen and oxygen atoms in total. The molecule has 0 radical (unpaired) electrons. The topological polar surface area (TPSA) is 95.5 Å². The predicted octanol–water partition coefficient (Wildman–Crippen LogP) is 0.608. The quantitative estimate of drug-likeness (QED) is 0.717. The van der Waals surface area contributed by atoms with Crippen molar-refractivity contribution in [1.82, 2.24) is 10.6 Å². The molecule has 0 spiro atoms. The van der Waals surface area contributed by atoms with Gasteiger partial charge in [-0.2, -0.15) is 0 Å². The molecule has 0 aromatic heterocycles. The molecule has 3 N–H and O–H groups in total. The van der Waals surface area contributed by atoms with E-state index in [1.165, 1.54) is 18.2 Å². The van der Waals surface area contributed by atoms with Crippen molar-refractivity contribution in [3.63, 3.8) is 0 Å². The number of nitrogens with one attached hydrogen (secondary N) is 2. The summed E-state index contributed by atoms with van der Waals surface area (Å²) in [6.07, 6.45) is 1.49. The number of carbonyl (C=O) groups is 3. The third-order valence-corrected chi connectivity index (χ3v) is 3.70. The van der Waals surface area contributed by atoms with E-state index in [4.69, 9.17) is 5.11 Å². The fourth-order valence-electron chi connectivity index (χ4n) is 2.31. The fraction of sp³-hybridized carbons (Fsp3) is 0.400. The first-order valence-electron chi connectivity index (χ1n) is 6.97. The Morgan fingerprint density at radius 3 is 2.50 bits per heavy atom. The summed E-state index contributed by atoms with van der Waals surface area (Å²) in [4.78, 5) is 34.5. The predicted molar refractivity (Wildman–Crippen MR) is 75.5 cm³/mol. The van der Waals surface area contributed by atoms with Crippen LogP contribution in [-0.4, -0.2) is 35.0 Å². The normalized spacial score (nSPS) is 15.5. The van der Waals surface area contributed by atoms with Crippen LogP contribution in [0.15, 0.2) is 24.3 Å². The van der Waals surface area contributed by atoms with Crippen molar-refractivity contribution in [3.8, 4) is 0 Å². The SMILES string of the molecule is O=C(Cc1cccc(F)c1)NCC(=O)NC1(C(=O)O)CCC1. The summed E-state index contributed by atoms with van der Waals surface area (Å²) < 4.78 is 13.0. The number of aliphatic carboxylic acids is 1. The highest BCUT2D eigenvalue weighted by atomic mass is 19.1. The number of benzene rings is 1. The van der Waals surface area contributed by atoms with Crippen molar-refractivity contribution in [2.45, 2.75) is 31.2 Å². The molecule has 0 bridgehead atoms. The van der Waals surface area contributed by atoms with E-state index in [-0.39, 0.29) is 13.0 Å². The minimum atomic E-state index is -1.19. The zero-order chi connectivity index (χ0) is 16.2. The Labute approximate surface area is 126 Å². The Morgan fingerprint density at radius 1 is 1.23 bits per heavy atom. The molecule has 0 unspecified atom stereocenters. The zero-order valence-electron chi connectivity index (χ0n) is 11.9. The molecule has 1 aliphatic carbocycles. The average molecular weight is 308 g/mol. The van der Waals surface area contributed by atoms with Gasteiger partial charge >= 0.3 is 5.97 Å². The maximum absolute atomic E-state index is 13.0. The van der Waals surface area contributed by atoms with Crippen LogP contribution in [0.3, 0.4) is 0 Å². The van der Waals surface area contributed by atoms with Crippen LogP contribution < -0.4 is 10.6 Å². The summed E-state index contributed by atoms with van der Waals surface area (Å²) >= 11 is 0. The Morgan fingerprint density at radius 2 is 1.95 bits per heavy atom. The van der Waals surface area contributed by atoms with Crippen LogP contribution in [0.5, 0.6) is 0 Å². The molecule has 1 fully saturated rings. The van der Waals surface area contributed by atoms with Crippen molar-refractivity contribution in [2.75, 3.05) is 6.54 Å². The van der Waals surface area contributed by atoms with Crippen molar-refractivity contribution in [3.05, 3.63) is 35.6 Å². The highest BCUT2D eigenvalue weighted by Crippen LogP contribution is 2.31. The number of carboxylic acid groups (broad SMARTS) is 1. The van der Waals surface area contributed by atoms with Gasteiger partial charge in [0.25, 0.3) is 0 Å². The lowest BCUT2D eigenvalue weighted by Gasteiger charge is -2.38. The summed E-state index contributed by atoms with van der Waals surface area (Å²) in [5, 5.41) is 13.9. The monoisotopic (exact) mass is 308 g/mol. The van der Waals surface area contributed by atoms with Crippen molar-refractivity contribution in [2.24, 2.45) is 0 Å². The number of rotatable bonds is 6. The van der Waals surface area contributed by atoms with E-state index in [0.29, 0.717) is 18.4 Å². The first-order chi connectivity index (χ1) is 10.4. The van der Waals surface area contributed by atoms with Crippen molar-refractivity contribution in [1.29, 1.82) is 0 Å². The molecule has 0 saturated heterocycles. The Hall–Kier alpha value is -2.44. The fourth-order valence-corrected chi connectivity index (χ4v) is 2.31. The van der Waals surface area contributed by atoms with Gasteiger partial charge < -0.3 is 15.7 Å². The largest absolute Gasteiger partial charge is 0.480 e. The van der Waals surface area contributed by atoms with E-state index in [1.807, 2.05) is 0 Å². The van der Waals surface area contributed by atoms with Crippen molar-refractivity contribution >= 4 is 17.8 Å². The summed E-state index contributed by atoms with van der Waals surface area (Å²) in [7, 11) is 0. The molecule has 1 aromatic carbocycles. The van der Waals surface area contributed by atoms with Gasteiger partial charge in [-0.3, -0.25) is 9.59 Å². The van der Waals surface area contributed by atoms with Gasteiger partial charge in [-0.05, 0) is 37.0 Å². The second-order valence-corrected chi connectivity index (χ2v) is 5.37. The summed E-state index contributed by atoms with van der Waals surface area (Å²) in [5.74, 6) is -2.47. The van der Waals surface area contributed by atoms with Crippen molar-refractivity contribution < 1.29 is 23.9 Å². The summed E-state index contributed by atoms with van der Waals surface area (Å²) in [6.45, 7) is -0.302. The Bertz CT molecular complexity index is 599. The van der Waals surface area contributed by atoms with Crippen LogP contribution >= 0.6 is 0 Å². The maximum atomic E-state index is 13.0. The van der Waals surface area contributed by atoms with E-state index < -0.39 is 29.1 Å². The summed E-state index contributed by atoms with van der Waals surface area (Å²) in [5.41, 5.74) is -0.691. The number of hydrogen-bond donors (Lipinski definition) is 3. The highest BCUT2D eigenvalue weighted by Gasteiger charge is 2.45. The van der Waals surface area contributed by atoms with E-state index in [0.717, 1.165) is 6.42 Å². The van der Waals surface area contributed by atoms with Crippen LogP contribution in [0.4, 0.5) is 4.39 Å². The van der Waals surface area contributed by atoms with Crippen LogP contribution in [0.1, 0.15) is 24.8 Å².